The lowest BCUT2D eigenvalue weighted by molar-refractivity contribution is 0.0539. The molecule has 0 radical (unpaired) electrons. The second-order valence-corrected chi connectivity index (χ2v) is 9.39. The molecular formula is C23H32ClFO2. The Balaban J connectivity index is 1.28. The van der Waals surface area contributed by atoms with Crippen LogP contribution >= 0.6 is 11.6 Å². The maximum absolute atomic E-state index is 13.8. The van der Waals surface area contributed by atoms with Gasteiger partial charge in [0, 0.05) is 19.8 Å². The standard InChI is InChI=1S/C23H32ClFO2/c1-26-14-15-2-4-16(5-3-15)17-6-8-18(9-7-17)22-11-10-19-12-20(24)21(25)13-23(19)27-22/h12-13,15-18,22H,2-11,14H2,1H3. The molecule has 1 unspecified atom stereocenters. The van der Waals surface area contributed by atoms with Crippen LogP contribution in [0.5, 0.6) is 5.75 Å². The number of hydrogen-bond donors (Lipinski definition) is 0. The fourth-order valence-electron chi connectivity index (χ4n) is 5.78. The number of rotatable bonds is 4. The average molecular weight is 395 g/mol. The summed E-state index contributed by atoms with van der Waals surface area (Å²) in [6.07, 6.45) is 12.9. The first-order valence-electron chi connectivity index (χ1n) is 10.8. The van der Waals surface area contributed by atoms with E-state index in [1.165, 1.54) is 57.4 Å². The van der Waals surface area contributed by atoms with E-state index < -0.39 is 0 Å². The molecule has 0 saturated heterocycles. The lowest BCUT2D eigenvalue weighted by Crippen LogP contribution is -2.35. The highest BCUT2D eigenvalue weighted by Gasteiger charge is 2.35. The topological polar surface area (TPSA) is 18.5 Å². The lowest BCUT2D eigenvalue weighted by atomic mass is 9.68. The van der Waals surface area contributed by atoms with E-state index in [1.54, 1.807) is 6.07 Å². The van der Waals surface area contributed by atoms with E-state index in [0.717, 1.165) is 42.8 Å². The van der Waals surface area contributed by atoms with Gasteiger partial charge in [-0.2, -0.15) is 0 Å². The van der Waals surface area contributed by atoms with Crippen molar-refractivity contribution < 1.29 is 13.9 Å². The summed E-state index contributed by atoms with van der Waals surface area (Å²) < 4.78 is 25.3. The van der Waals surface area contributed by atoms with E-state index in [-0.39, 0.29) is 16.9 Å². The summed E-state index contributed by atoms with van der Waals surface area (Å²) in [5, 5.41) is 0.205. The van der Waals surface area contributed by atoms with Crippen LogP contribution in [0.3, 0.4) is 0 Å². The van der Waals surface area contributed by atoms with Gasteiger partial charge in [-0.25, -0.2) is 4.39 Å². The number of halogens is 2. The van der Waals surface area contributed by atoms with Gasteiger partial charge in [-0.1, -0.05) is 11.6 Å². The molecule has 4 heteroatoms. The van der Waals surface area contributed by atoms with Crippen LogP contribution in [-0.2, 0) is 11.2 Å². The second-order valence-electron chi connectivity index (χ2n) is 8.98. The van der Waals surface area contributed by atoms with Gasteiger partial charge in [0.25, 0.3) is 0 Å². The third kappa shape index (κ3) is 4.45. The quantitative estimate of drug-likeness (QED) is 0.585. The molecule has 150 valence electrons. The maximum Gasteiger partial charge on any atom is 0.145 e. The molecule has 1 aromatic rings. The molecule has 1 atom stereocenters. The van der Waals surface area contributed by atoms with Gasteiger partial charge >= 0.3 is 0 Å². The molecule has 4 rings (SSSR count). The van der Waals surface area contributed by atoms with Crippen molar-refractivity contribution in [3.8, 4) is 5.75 Å². The van der Waals surface area contributed by atoms with Crippen molar-refractivity contribution in [2.24, 2.45) is 23.7 Å². The minimum atomic E-state index is -0.371. The van der Waals surface area contributed by atoms with Crippen molar-refractivity contribution in [2.75, 3.05) is 13.7 Å². The highest BCUT2D eigenvalue weighted by Crippen LogP contribution is 2.44. The molecule has 3 aliphatic rings. The van der Waals surface area contributed by atoms with Gasteiger partial charge in [0.05, 0.1) is 5.02 Å². The molecule has 2 aliphatic carbocycles. The Morgan fingerprint density at radius 3 is 2.26 bits per heavy atom. The van der Waals surface area contributed by atoms with Gasteiger partial charge in [-0.15, -0.1) is 0 Å². The van der Waals surface area contributed by atoms with E-state index in [2.05, 4.69) is 0 Å². The summed E-state index contributed by atoms with van der Waals surface area (Å²) in [6.45, 7) is 0.936. The molecule has 2 nitrogen and oxygen atoms in total. The van der Waals surface area contributed by atoms with Crippen LogP contribution in [0.1, 0.15) is 63.4 Å². The zero-order chi connectivity index (χ0) is 18.8. The summed E-state index contributed by atoms with van der Waals surface area (Å²) >= 11 is 5.91. The molecule has 0 aromatic heterocycles. The largest absolute Gasteiger partial charge is 0.490 e. The Morgan fingerprint density at radius 1 is 0.963 bits per heavy atom. The van der Waals surface area contributed by atoms with Crippen molar-refractivity contribution in [2.45, 2.75) is 70.3 Å². The van der Waals surface area contributed by atoms with Crippen LogP contribution in [0.2, 0.25) is 5.02 Å². The highest BCUT2D eigenvalue weighted by atomic mass is 35.5. The Morgan fingerprint density at radius 2 is 1.59 bits per heavy atom. The zero-order valence-electron chi connectivity index (χ0n) is 16.4. The number of methoxy groups -OCH3 is 1. The van der Waals surface area contributed by atoms with E-state index in [4.69, 9.17) is 21.1 Å². The highest BCUT2D eigenvalue weighted by molar-refractivity contribution is 6.30. The fourth-order valence-corrected chi connectivity index (χ4v) is 5.96. The first kappa shape index (κ1) is 19.5. The Kier molecular flexibility index (Phi) is 6.28. The van der Waals surface area contributed by atoms with Crippen molar-refractivity contribution in [3.63, 3.8) is 0 Å². The molecule has 1 aliphatic heterocycles. The van der Waals surface area contributed by atoms with Crippen LogP contribution in [-0.4, -0.2) is 19.8 Å². The van der Waals surface area contributed by atoms with Crippen molar-refractivity contribution in [1.82, 2.24) is 0 Å². The van der Waals surface area contributed by atoms with Crippen molar-refractivity contribution >= 4 is 11.6 Å². The third-order valence-corrected chi connectivity index (χ3v) is 7.67. The van der Waals surface area contributed by atoms with Gasteiger partial charge < -0.3 is 9.47 Å². The Hall–Kier alpha value is -0.800. The molecule has 0 amide bonds. The van der Waals surface area contributed by atoms with Gasteiger partial charge in [0.2, 0.25) is 0 Å². The monoisotopic (exact) mass is 394 g/mol. The maximum atomic E-state index is 13.8. The fraction of sp³-hybridized carbons (Fsp3) is 0.739. The Labute approximate surface area is 167 Å². The molecular weight excluding hydrogens is 363 g/mol. The van der Waals surface area contributed by atoms with E-state index in [0.29, 0.717) is 11.7 Å². The van der Waals surface area contributed by atoms with Crippen LogP contribution in [0, 0.1) is 29.5 Å². The van der Waals surface area contributed by atoms with Crippen LogP contribution in [0.4, 0.5) is 4.39 Å². The summed E-state index contributed by atoms with van der Waals surface area (Å²) in [4.78, 5) is 0. The van der Waals surface area contributed by atoms with Crippen LogP contribution in [0.15, 0.2) is 12.1 Å². The van der Waals surface area contributed by atoms with Crippen LogP contribution < -0.4 is 4.74 Å². The molecule has 0 bridgehead atoms. The first-order valence-corrected chi connectivity index (χ1v) is 11.2. The van der Waals surface area contributed by atoms with Gasteiger partial charge in [0.15, 0.2) is 0 Å². The van der Waals surface area contributed by atoms with E-state index in [1.807, 2.05) is 7.11 Å². The SMILES string of the molecule is COCC1CCC(C2CCC(C3CCc4cc(Cl)c(F)cc4O3)CC2)CC1. The number of ether oxygens (including phenoxy) is 2. The lowest BCUT2D eigenvalue weighted by Gasteiger charge is -2.40. The molecule has 0 spiro atoms. The molecule has 2 saturated carbocycles. The number of hydrogen-bond acceptors (Lipinski definition) is 2. The summed E-state index contributed by atoms with van der Waals surface area (Å²) in [5.41, 5.74) is 1.05. The van der Waals surface area contributed by atoms with Crippen molar-refractivity contribution in [3.05, 3.63) is 28.5 Å². The zero-order valence-corrected chi connectivity index (χ0v) is 17.1. The molecule has 27 heavy (non-hydrogen) atoms. The Bertz CT molecular complexity index is 634. The normalized spacial score (nSPS) is 34.0. The third-order valence-electron chi connectivity index (χ3n) is 7.38. The number of aryl methyl sites for hydroxylation is 1. The molecule has 2 fully saturated rings. The van der Waals surface area contributed by atoms with Gasteiger partial charge in [-0.3, -0.25) is 0 Å². The average Bonchev–Trinajstić information content (AvgIpc) is 2.70. The molecule has 1 aromatic carbocycles. The number of benzene rings is 1. The smallest absolute Gasteiger partial charge is 0.145 e. The van der Waals surface area contributed by atoms with Gasteiger partial charge in [0.1, 0.15) is 17.7 Å². The first-order chi connectivity index (χ1) is 13.1. The minimum Gasteiger partial charge on any atom is -0.490 e. The predicted molar refractivity (Wildman–Crippen MR) is 107 cm³/mol. The molecule has 1 heterocycles. The molecule has 0 N–H and O–H groups in total. The summed E-state index contributed by atoms with van der Waals surface area (Å²) in [5.74, 6) is 3.57. The second kappa shape index (κ2) is 8.69. The minimum absolute atomic E-state index is 0.205. The summed E-state index contributed by atoms with van der Waals surface area (Å²) in [7, 11) is 1.82. The van der Waals surface area contributed by atoms with Crippen LogP contribution in [0.25, 0.3) is 0 Å². The van der Waals surface area contributed by atoms with Gasteiger partial charge in [-0.05, 0) is 99.5 Å². The summed E-state index contributed by atoms with van der Waals surface area (Å²) in [6, 6.07) is 3.22. The number of fused-ring (bicyclic) bond motifs is 1. The van der Waals surface area contributed by atoms with E-state index >= 15 is 0 Å². The van der Waals surface area contributed by atoms with E-state index in [9.17, 15) is 4.39 Å². The van der Waals surface area contributed by atoms with Crippen molar-refractivity contribution in [1.29, 1.82) is 0 Å². The predicted octanol–water partition coefficient (Wildman–Crippen LogP) is 6.43.